The first-order chi connectivity index (χ1) is 9.98. The van der Waals surface area contributed by atoms with E-state index in [0.29, 0.717) is 17.2 Å². The molecule has 1 aromatic carbocycles. The zero-order valence-electron chi connectivity index (χ0n) is 11.5. The van der Waals surface area contributed by atoms with Gasteiger partial charge in [0.1, 0.15) is 4.90 Å². The van der Waals surface area contributed by atoms with Gasteiger partial charge in [0.15, 0.2) is 0 Å². The normalized spacial score (nSPS) is 10.7. The van der Waals surface area contributed by atoms with Gasteiger partial charge in [0.2, 0.25) is 5.95 Å². The highest BCUT2D eigenvalue weighted by Crippen LogP contribution is 2.22. The summed E-state index contributed by atoms with van der Waals surface area (Å²) in [6.07, 6.45) is 2.47. The van der Waals surface area contributed by atoms with Crippen molar-refractivity contribution in [3.63, 3.8) is 0 Å². The Hall–Kier alpha value is -2.66. The Bertz CT molecular complexity index is 781. The predicted molar refractivity (Wildman–Crippen MR) is 78.3 cm³/mol. The average Bonchev–Trinajstić information content (AvgIpc) is 2.54. The van der Waals surface area contributed by atoms with Crippen molar-refractivity contribution < 1.29 is 8.42 Å². The van der Waals surface area contributed by atoms with Crippen molar-refractivity contribution in [1.29, 1.82) is 5.26 Å². The molecule has 0 radical (unpaired) electrons. The van der Waals surface area contributed by atoms with E-state index in [0.717, 1.165) is 4.31 Å². The molecule has 2 rings (SSSR count). The van der Waals surface area contributed by atoms with E-state index in [1.807, 2.05) is 6.07 Å². The van der Waals surface area contributed by atoms with Gasteiger partial charge in [-0.15, -0.1) is 0 Å². The summed E-state index contributed by atoms with van der Waals surface area (Å²) in [6, 6.07) is 8.32. The van der Waals surface area contributed by atoms with Crippen molar-refractivity contribution in [3.8, 4) is 6.07 Å². The van der Waals surface area contributed by atoms with Crippen LogP contribution in [0.3, 0.4) is 0 Å². The minimum absolute atomic E-state index is 0.0219. The topological polar surface area (TPSA) is 99.0 Å². The first-order valence-corrected chi connectivity index (χ1v) is 7.42. The predicted octanol–water partition coefficient (Wildman–Crippen LogP) is 1.22. The molecule has 0 atom stereocenters. The lowest BCUT2D eigenvalue weighted by Gasteiger charge is -2.19. The first kappa shape index (κ1) is 14.7. The average molecular weight is 303 g/mol. The van der Waals surface area contributed by atoms with Crippen LogP contribution in [-0.2, 0) is 10.0 Å². The zero-order chi connectivity index (χ0) is 15.5. The lowest BCUT2D eigenvalue weighted by atomic mass is 10.2. The molecule has 8 heteroatoms. The maximum absolute atomic E-state index is 12.5. The van der Waals surface area contributed by atoms with Gasteiger partial charge in [-0.3, -0.25) is 4.31 Å². The number of nitriles is 1. The fraction of sp³-hybridized carbons (Fsp3) is 0.154. The molecule has 0 fully saturated rings. The molecule has 1 heterocycles. The van der Waals surface area contributed by atoms with Crippen LogP contribution in [0.1, 0.15) is 5.56 Å². The Balaban J connectivity index is 2.39. The van der Waals surface area contributed by atoms with Crippen LogP contribution in [0, 0.1) is 11.3 Å². The Labute approximate surface area is 122 Å². The quantitative estimate of drug-likeness (QED) is 0.911. The summed E-state index contributed by atoms with van der Waals surface area (Å²) in [5.41, 5.74) is 0.781. The largest absolute Gasteiger partial charge is 0.357 e. The maximum Gasteiger partial charge on any atom is 0.267 e. The molecule has 1 N–H and O–H groups in total. The van der Waals surface area contributed by atoms with E-state index in [1.54, 1.807) is 25.2 Å². The number of hydrogen-bond acceptors (Lipinski definition) is 6. The Morgan fingerprint density at radius 1 is 1.29 bits per heavy atom. The van der Waals surface area contributed by atoms with Gasteiger partial charge in [0.25, 0.3) is 10.0 Å². The fourth-order valence-corrected chi connectivity index (χ4v) is 2.73. The minimum atomic E-state index is -3.77. The van der Waals surface area contributed by atoms with Crippen LogP contribution in [0.2, 0.25) is 0 Å². The third-order valence-electron chi connectivity index (χ3n) is 2.85. The summed E-state index contributed by atoms with van der Waals surface area (Å²) in [5.74, 6) is 0.336. The smallest absolute Gasteiger partial charge is 0.267 e. The number of aromatic nitrogens is 2. The second-order valence-electron chi connectivity index (χ2n) is 4.13. The van der Waals surface area contributed by atoms with E-state index in [1.165, 1.54) is 25.5 Å². The van der Waals surface area contributed by atoms with E-state index in [9.17, 15) is 8.42 Å². The SMILES string of the molecule is CNc1ncc(S(=O)(=O)N(C)c2cccc(C#N)c2)cn1. The van der Waals surface area contributed by atoms with E-state index in [-0.39, 0.29) is 4.90 Å². The molecule has 1 aromatic heterocycles. The monoisotopic (exact) mass is 303 g/mol. The van der Waals surface area contributed by atoms with Crippen LogP contribution in [0.4, 0.5) is 11.6 Å². The number of hydrogen-bond donors (Lipinski definition) is 1. The van der Waals surface area contributed by atoms with Crippen molar-refractivity contribution in [2.75, 3.05) is 23.7 Å². The standard InChI is InChI=1S/C13H13N5O2S/c1-15-13-16-8-12(9-17-13)21(19,20)18(2)11-5-3-4-10(6-11)7-14/h3-6,8-9H,1-2H3,(H,15,16,17). The highest BCUT2D eigenvalue weighted by Gasteiger charge is 2.22. The number of sulfonamides is 1. The molecule has 0 bridgehead atoms. The molecule has 7 nitrogen and oxygen atoms in total. The molecule has 0 saturated heterocycles. The van der Waals surface area contributed by atoms with Gasteiger partial charge in [-0.05, 0) is 18.2 Å². The zero-order valence-corrected chi connectivity index (χ0v) is 12.3. The third-order valence-corrected chi connectivity index (χ3v) is 4.59. The highest BCUT2D eigenvalue weighted by molar-refractivity contribution is 7.92. The molecule has 0 saturated carbocycles. The van der Waals surface area contributed by atoms with E-state index in [4.69, 9.17) is 5.26 Å². The van der Waals surface area contributed by atoms with Gasteiger partial charge < -0.3 is 5.32 Å². The molecule has 0 amide bonds. The van der Waals surface area contributed by atoms with Crippen LogP contribution in [0.15, 0.2) is 41.6 Å². The van der Waals surface area contributed by atoms with E-state index < -0.39 is 10.0 Å². The molecular weight excluding hydrogens is 290 g/mol. The summed E-state index contributed by atoms with van der Waals surface area (Å²) in [5, 5.41) is 11.6. The second-order valence-corrected chi connectivity index (χ2v) is 6.10. The van der Waals surface area contributed by atoms with Gasteiger partial charge >= 0.3 is 0 Å². The molecule has 2 aromatic rings. The van der Waals surface area contributed by atoms with Crippen molar-refractivity contribution in [2.24, 2.45) is 0 Å². The van der Waals surface area contributed by atoms with Crippen molar-refractivity contribution >= 4 is 21.7 Å². The minimum Gasteiger partial charge on any atom is -0.357 e. The lowest BCUT2D eigenvalue weighted by Crippen LogP contribution is -2.26. The van der Waals surface area contributed by atoms with Crippen molar-refractivity contribution in [1.82, 2.24) is 9.97 Å². The summed E-state index contributed by atoms with van der Waals surface area (Å²) in [6.45, 7) is 0. The number of nitrogens with one attached hydrogen (secondary N) is 1. The Kier molecular flexibility index (Phi) is 4.05. The molecule has 21 heavy (non-hydrogen) atoms. The summed E-state index contributed by atoms with van der Waals surface area (Å²) < 4.78 is 26.0. The van der Waals surface area contributed by atoms with Crippen LogP contribution in [0.5, 0.6) is 0 Å². The van der Waals surface area contributed by atoms with Gasteiger partial charge in [0, 0.05) is 14.1 Å². The van der Waals surface area contributed by atoms with Gasteiger partial charge in [-0.1, -0.05) is 6.07 Å². The molecule has 0 unspecified atom stereocenters. The van der Waals surface area contributed by atoms with Crippen molar-refractivity contribution in [3.05, 3.63) is 42.2 Å². The van der Waals surface area contributed by atoms with Crippen LogP contribution in [0.25, 0.3) is 0 Å². The molecule has 108 valence electrons. The number of nitrogens with zero attached hydrogens (tertiary/aromatic N) is 4. The van der Waals surface area contributed by atoms with Gasteiger partial charge in [-0.25, -0.2) is 18.4 Å². The lowest BCUT2D eigenvalue weighted by molar-refractivity contribution is 0.593. The van der Waals surface area contributed by atoms with E-state index >= 15 is 0 Å². The molecule has 0 aliphatic rings. The number of benzene rings is 1. The molecule has 0 aliphatic heterocycles. The summed E-state index contributed by atoms with van der Waals surface area (Å²) >= 11 is 0. The Morgan fingerprint density at radius 3 is 2.52 bits per heavy atom. The Morgan fingerprint density at radius 2 is 1.95 bits per heavy atom. The molecule has 0 aliphatic carbocycles. The number of rotatable bonds is 4. The first-order valence-electron chi connectivity index (χ1n) is 5.98. The van der Waals surface area contributed by atoms with E-state index in [2.05, 4.69) is 15.3 Å². The van der Waals surface area contributed by atoms with Gasteiger partial charge in [-0.2, -0.15) is 5.26 Å². The summed E-state index contributed by atoms with van der Waals surface area (Å²) in [7, 11) is -0.714. The van der Waals surface area contributed by atoms with Crippen LogP contribution in [-0.4, -0.2) is 32.5 Å². The van der Waals surface area contributed by atoms with Crippen LogP contribution < -0.4 is 9.62 Å². The molecular formula is C13H13N5O2S. The summed E-state index contributed by atoms with van der Waals surface area (Å²) in [4.78, 5) is 7.76. The molecule has 0 spiro atoms. The van der Waals surface area contributed by atoms with Crippen molar-refractivity contribution in [2.45, 2.75) is 4.90 Å². The highest BCUT2D eigenvalue weighted by atomic mass is 32.2. The second kappa shape index (κ2) is 5.76. The number of anilines is 2. The maximum atomic E-state index is 12.5. The van der Waals surface area contributed by atoms with Gasteiger partial charge in [0.05, 0.1) is 29.7 Å². The fourth-order valence-electron chi connectivity index (χ4n) is 1.65. The third kappa shape index (κ3) is 2.93. The van der Waals surface area contributed by atoms with Crippen LogP contribution >= 0.6 is 0 Å².